The molecule has 0 spiro atoms. The first-order valence-electron chi connectivity index (χ1n) is 17.8. The van der Waals surface area contributed by atoms with Crippen molar-refractivity contribution >= 4 is 5.97 Å². The lowest BCUT2D eigenvalue weighted by molar-refractivity contribution is -0.364. The van der Waals surface area contributed by atoms with E-state index in [0.29, 0.717) is 32.3 Å². The number of hydrogen-bond acceptors (Lipinski definition) is 14. The molecular weight excluding hydrogens is 644 g/mol. The van der Waals surface area contributed by atoms with Crippen LogP contribution in [0, 0.1) is 22.7 Å². The standard InChI is InChI=1S/C35H52O14/c1-33-8-5-18(46-32-29(43)30(26(40)23(14-37)48-32)49-31-28(42)27(41)25(39)22(13-36)47-31)12-17(33)3-4-21-20(33)6-9-34(2)19(7-10-35(21,34)44)16-11-24(38)45-15-16/h3,18,20-23,25-32,36-37,39-44H,4-15H2,1-2H3/b19-16+/t18-,20+,21-,22+,23-,25+,26-,27-,28-,29-,30+,31-,32-,33+,34-,35-/m0/s1. The average Bonchev–Trinajstić information content (AvgIpc) is 3.63. The Morgan fingerprint density at radius 2 is 1.53 bits per heavy atom. The summed E-state index contributed by atoms with van der Waals surface area (Å²) in [6.45, 7) is 3.48. The highest BCUT2D eigenvalue weighted by Crippen LogP contribution is 2.68. The molecule has 3 aliphatic heterocycles. The molecule has 8 N–H and O–H groups in total. The molecule has 7 aliphatic rings. The molecule has 0 aromatic heterocycles. The van der Waals surface area contributed by atoms with Crippen molar-refractivity contribution in [2.75, 3.05) is 19.8 Å². The molecule has 49 heavy (non-hydrogen) atoms. The number of rotatable bonds is 6. The SMILES string of the molecule is C[C@@]12CC[C@@H]3[C@H](CC=C4C[C@@H](O[C@H]5O[C@@H](CO)[C@H](O)[C@@H](O[C@@H]6O[C@H](CO)[C@@H](O)[C@H](O)[C@@H]6O)[C@@H]5O)CC[C@]43C)[C@@]1(O)CC/C2=C1\COC(=O)C1. The molecule has 276 valence electrons. The zero-order valence-corrected chi connectivity index (χ0v) is 28.1. The Morgan fingerprint density at radius 3 is 2.20 bits per heavy atom. The smallest absolute Gasteiger partial charge is 0.310 e. The molecule has 0 radical (unpaired) electrons. The fourth-order valence-corrected chi connectivity index (χ4v) is 10.6. The quantitative estimate of drug-likeness (QED) is 0.127. The maximum atomic E-state index is 12.5. The molecule has 7 rings (SSSR count). The highest BCUT2D eigenvalue weighted by Gasteiger charge is 2.65. The van der Waals surface area contributed by atoms with E-state index in [1.807, 2.05) is 0 Å². The molecule has 3 saturated heterocycles. The van der Waals surface area contributed by atoms with E-state index in [1.165, 1.54) is 11.1 Å². The van der Waals surface area contributed by atoms with E-state index < -0.39 is 85.6 Å². The molecule has 3 heterocycles. The number of carbonyl (C=O) groups excluding carboxylic acids is 1. The van der Waals surface area contributed by atoms with Gasteiger partial charge in [-0.25, -0.2) is 0 Å². The predicted molar refractivity (Wildman–Crippen MR) is 167 cm³/mol. The summed E-state index contributed by atoms with van der Waals surface area (Å²) in [6, 6.07) is 0. The summed E-state index contributed by atoms with van der Waals surface area (Å²) in [7, 11) is 0. The van der Waals surface area contributed by atoms with Gasteiger partial charge < -0.3 is 64.5 Å². The van der Waals surface area contributed by atoms with Gasteiger partial charge in [-0.3, -0.25) is 4.79 Å². The van der Waals surface area contributed by atoms with Crippen molar-refractivity contribution in [3.05, 3.63) is 22.8 Å². The van der Waals surface area contributed by atoms with Crippen LogP contribution in [0.5, 0.6) is 0 Å². The monoisotopic (exact) mass is 696 g/mol. The van der Waals surface area contributed by atoms with Gasteiger partial charge in [-0.1, -0.05) is 31.1 Å². The molecule has 0 unspecified atom stereocenters. The number of allylic oxidation sites excluding steroid dienone is 1. The summed E-state index contributed by atoms with van der Waals surface area (Å²) in [5.74, 6) is 0.140. The highest BCUT2D eigenvalue weighted by atomic mass is 16.7. The van der Waals surface area contributed by atoms with Crippen LogP contribution in [0.25, 0.3) is 0 Å². The van der Waals surface area contributed by atoms with Crippen molar-refractivity contribution < 1.29 is 69.3 Å². The Bertz CT molecular complexity index is 1330. The summed E-state index contributed by atoms with van der Waals surface area (Å²) in [5, 5.41) is 85.0. The largest absolute Gasteiger partial charge is 0.461 e. The van der Waals surface area contributed by atoms with Crippen molar-refractivity contribution in [2.24, 2.45) is 22.7 Å². The second kappa shape index (κ2) is 13.2. The minimum Gasteiger partial charge on any atom is -0.461 e. The van der Waals surface area contributed by atoms with E-state index in [9.17, 15) is 45.6 Å². The molecular formula is C35H52O14. The van der Waals surface area contributed by atoms with Gasteiger partial charge in [-0.2, -0.15) is 0 Å². The summed E-state index contributed by atoms with van der Waals surface area (Å²) in [6.07, 6.45) is -6.93. The summed E-state index contributed by atoms with van der Waals surface area (Å²) in [4.78, 5) is 11.9. The molecule has 4 aliphatic carbocycles. The molecule has 3 saturated carbocycles. The maximum absolute atomic E-state index is 12.5. The number of cyclic esters (lactones) is 1. The van der Waals surface area contributed by atoms with Crippen molar-refractivity contribution in [2.45, 2.75) is 145 Å². The number of fused-ring (bicyclic) bond motifs is 5. The lowest BCUT2D eigenvalue weighted by Crippen LogP contribution is -2.65. The van der Waals surface area contributed by atoms with Crippen LogP contribution in [0.15, 0.2) is 22.8 Å². The number of ether oxygens (including phenoxy) is 5. The van der Waals surface area contributed by atoms with Crippen LogP contribution in [0.2, 0.25) is 0 Å². The molecule has 14 nitrogen and oxygen atoms in total. The minimum absolute atomic E-state index is 0.0733. The van der Waals surface area contributed by atoms with Crippen molar-refractivity contribution in [1.82, 2.24) is 0 Å². The third-order valence-corrected chi connectivity index (χ3v) is 13.5. The Hall–Kier alpha value is -1.53. The van der Waals surface area contributed by atoms with Gasteiger partial charge in [0.25, 0.3) is 0 Å². The first kappa shape index (κ1) is 35.9. The number of aliphatic hydroxyl groups excluding tert-OH is 7. The Labute approximate surface area is 285 Å². The summed E-state index contributed by atoms with van der Waals surface area (Å²) < 4.78 is 28.6. The lowest BCUT2D eigenvalue weighted by Gasteiger charge is -2.60. The van der Waals surface area contributed by atoms with Gasteiger partial charge in [0, 0.05) is 5.41 Å². The van der Waals surface area contributed by atoms with Gasteiger partial charge in [-0.15, -0.1) is 0 Å². The van der Waals surface area contributed by atoms with Crippen LogP contribution in [0.3, 0.4) is 0 Å². The van der Waals surface area contributed by atoms with Gasteiger partial charge in [0.15, 0.2) is 12.6 Å². The molecule has 0 bridgehead atoms. The Kier molecular flexibility index (Phi) is 9.62. The van der Waals surface area contributed by atoms with Gasteiger partial charge >= 0.3 is 5.97 Å². The second-order valence-corrected chi connectivity index (χ2v) is 15.8. The van der Waals surface area contributed by atoms with E-state index in [0.717, 1.165) is 37.7 Å². The summed E-state index contributed by atoms with van der Waals surface area (Å²) >= 11 is 0. The van der Waals surface area contributed by atoms with Gasteiger partial charge in [-0.05, 0) is 74.2 Å². The molecule has 6 fully saturated rings. The zero-order valence-electron chi connectivity index (χ0n) is 28.1. The van der Waals surface area contributed by atoms with Crippen LogP contribution in [-0.4, -0.2) is 140 Å². The fourth-order valence-electron chi connectivity index (χ4n) is 10.6. The van der Waals surface area contributed by atoms with Gasteiger partial charge in [0.1, 0.15) is 55.4 Å². The van der Waals surface area contributed by atoms with Crippen LogP contribution < -0.4 is 0 Å². The first-order valence-corrected chi connectivity index (χ1v) is 17.8. The zero-order chi connectivity index (χ0) is 35.0. The maximum Gasteiger partial charge on any atom is 0.310 e. The van der Waals surface area contributed by atoms with Crippen molar-refractivity contribution in [3.63, 3.8) is 0 Å². The molecule has 0 aromatic carbocycles. The topological polar surface area (TPSA) is 225 Å². The highest BCUT2D eigenvalue weighted by molar-refractivity contribution is 5.76. The van der Waals surface area contributed by atoms with Crippen LogP contribution in [-0.2, 0) is 28.5 Å². The van der Waals surface area contributed by atoms with Crippen LogP contribution in [0.1, 0.15) is 71.6 Å². The van der Waals surface area contributed by atoms with E-state index in [-0.39, 0.29) is 29.3 Å². The van der Waals surface area contributed by atoms with Crippen LogP contribution in [0.4, 0.5) is 0 Å². The van der Waals surface area contributed by atoms with E-state index in [2.05, 4.69) is 19.9 Å². The van der Waals surface area contributed by atoms with Gasteiger partial charge in [0.05, 0.1) is 31.3 Å². The first-order chi connectivity index (χ1) is 23.3. The minimum atomic E-state index is -1.76. The van der Waals surface area contributed by atoms with Crippen molar-refractivity contribution in [1.29, 1.82) is 0 Å². The number of hydrogen-bond donors (Lipinski definition) is 8. The van der Waals surface area contributed by atoms with E-state index in [1.54, 1.807) is 0 Å². The lowest BCUT2D eigenvalue weighted by atomic mass is 9.46. The summed E-state index contributed by atoms with van der Waals surface area (Å²) in [5.41, 5.74) is 2.06. The molecule has 0 aromatic rings. The molecule has 0 amide bonds. The normalized spacial score (nSPS) is 53.0. The second-order valence-electron chi connectivity index (χ2n) is 15.8. The molecule has 16 atom stereocenters. The Balaban J connectivity index is 1.05. The number of carbonyl (C=O) groups is 1. The Morgan fingerprint density at radius 1 is 0.837 bits per heavy atom. The fraction of sp³-hybridized carbons (Fsp3) is 0.857. The predicted octanol–water partition coefficient (Wildman–Crippen LogP) is -0.683. The van der Waals surface area contributed by atoms with E-state index in [4.69, 9.17) is 23.7 Å². The van der Waals surface area contributed by atoms with E-state index >= 15 is 0 Å². The molecule has 14 heteroatoms. The number of esters is 1. The third kappa shape index (κ3) is 5.66. The van der Waals surface area contributed by atoms with Gasteiger partial charge in [0.2, 0.25) is 0 Å². The average molecular weight is 697 g/mol. The van der Waals surface area contributed by atoms with Crippen molar-refractivity contribution in [3.8, 4) is 0 Å². The van der Waals surface area contributed by atoms with Crippen LogP contribution >= 0.6 is 0 Å². The number of aliphatic hydroxyl groups is 8. The third-order valence-electron chi connectivity index (χ3n) is 13.5.